The summed E-state index contributed by atoms with van der Waals surface area (Å²) in [6, 6.07) is 0. The van der Waals surface area contributed by atoms with E-state index in [1.165, 1.54) is 0 Å². The van der Waals surface area contributed by atoms with Gasteiger partial charge in [-0.25, -0.2) is 0 Å². The SMILES string of the molecule is CC#CCCCC(=O)C(C)C(=O)OCC. The van der Waals surface area contributed by atoms with E-state index < -0.39 is 11.9 Å². The lowest BCUT2D eigenvalue weighted by molar-refractivity contribution is -0.150. The average molecular weight is 210 g/mol. The van der Waals surface area contributed by atoms with Crippen LogP contribution >= 0.6 is 0 Å². The quantitative estimate of drug-likeness (QED) is 0.291. The molecule has 84 valence electrons. The molecule has 0 heterocycles. The Bertz CT molecular complexity index is 270. The van der Waals surface area contributed by atoms with Crippen LogP contribution in [-0.4, -0.2) is 18.4 Å². The van der Waals surface area contributed by atoms with Gasteiger partial charge in [0.2, 0.25) is 0 Å². The Morgan fingerprint density at radius 2 is 2.07 bits per heavy atom. The van der Waals surface area contributed by atoms with E-state index in [1.54, 1.807) is 20.8 Å². The molecule has 0 spiro atoms. The number of carbonyl (C=O) groups excluding carboxylic acids is 2. The maximum atomic E-state index is 11.5. The van der Waals surface area contributed by atoms with Crippen LogP contribution in [0.5, 0.6) is 0 Å². The van der Waals surface area contributed by atoms with Crippen LogP contribution in [0.3, 0.4) is 0 Å². The molecule has 1 atom stereocenters. The van der Waals surface area contributed by atoms with Crippen molar-refractivity contribution < 1.29 is 14.3 Å². The van der Waals surface area contributed by atoms with Gasteiger partial charge < -0.3 is 4.74 Å². The van der Waals surface area contributed by atoms with Crippen LogP contribution in [0.25, 0.3) is 0 Å². The Labute approximate surface area is 91.2 Å². The van der Waals surface area contributed by atoms with Gasteiger partial charge in [0.15, 0.2) is 0 Å². The summed E-state index contributed by atoms with van der Waals surface area (Å²) in [4.78, 5) is 22.7. The zero-order chi connectivity index (χ0) is 11.7. The molecule has 0 aromatic heterocycles. The van der Waals surface area contributed by atoms with Crippen molar-refractivity contribution in [2.75, 3.05) is 6.61 Å². The second kappa shape index (κ2) is 8.05. The van der Waals surface area contributed by atoms with Gasteiger partial charge in [0.25, 0.3) is 0 Å². The predicted octanol–water partition coefficient (Wildman–Crippen LogP) is 1.95. The standard InChI is InChI=1S/C12H18O3/c1-4-6-7-8-9-11(13)10(3)12(14)15-5-2/h10H,5,7-9H2,1-3H3. The zero-order valence-corrected chi connectivity index (χ0v) is 9.63. The van der Waals surface area contributed by atoms with Crippen LogP contribution in [0.15, 0.2) is 0 Å². The van der Waals surface area contributed by atoms with E-state index in [1.807, 2.05) is 0 Å². The Hall–Kier alpha value is -1.30. The third-order valence-corrected chi connectivity index (χ3v) is 2.02. The highest BCUT2D eigenvalue weighted by molar-refractivity contribution is 5.98. The number of hydrogen-bond acceptors (Lipinski definition) is 3. The van der Waals surface area contributed by atoms with Crippen LogP contribution in [0.1, 0.15) is 40.0 Å². The normalized spacial score (nSPS) is 11.1. The van der Waals surface area contributed by atoms with Gasteiger partial charge in [0.05, 0.1) is 6.61 Å². The molecule has 0 saturated carbocycles. The van der Waals surface area contributed by atoms with Crippen molar-refractivity contribution in [1.29, 1.82) is 0 Å². The number of unbranched alkanes of at least 4 members (excludes halogenated alkanes) is 1. The molecule has 0 fully saturated rings. The molecule has 0 bridgehead atoms. The van der Waals surface area contributed by atoms with Crippen molar-refractivity contribution in [3.63, 3.8) is 0 Å². The van der Waals surface area contributed by atoms with Gasteiger partial charge in [-0.05, 0) is 27.2 Å². The summed E-state index contributed by atoms with van der Waals surface area (Å²) in [5.41, 5.74) is 0. The van der Waals surface area contributed by atoms with Gasteiger partial charge in [0, 0.05) is 12.8 Å². The summed E-state index contributed by atoms with van der Waals surface area (Å²) >= 11 is 0. The van der Waals surface area contributed by atoms with E-state index in [-0.39, 0.29) is 5.78 Å². The molecule has 1 unspecified atom stereocenters. The molecule has 0 amide bonds. The van der Waals surface area contributed by atoms with E-state index in [0.29, 0.717) is 25.9 Å². The van der Waals surface area contributed by atoms with E-state index in [4.69, 9.17) is 4.74 Å². The first kappa shape index (κ1) is 13.7. The first-order valence-corrected chi connectivity index (χ1v) is 5.22. The van der Waals surface area contributed by atoms with Crippen LogP contribution < -0.4 is 0 Å². The third-order valence-electron chi connectivity index (χ3n) is 2.02. The molecular formula is C12H18O3. The molecule has 3 heteroatoms. The minimum absolute atomic E-state index is 0.0636. The number of esters is 1. The number of carbonyl (C=O) groups is 2. The Balaban J connectivity index is 3.86. The smallest absolute Gasteiger partial charge is 0.316 e. The van der Waals surface area contributed by atoms with Gasteiger partial charge in [-0.3, -0.25) is 9.59 Å². The van der Waals surface area contributed by atoms with Crippen LogP contribution in [-0.2, 0) is 14.3 Å². The minimum Gasteiger partial charge on any atom is -0.465 e. The summed E-state index contributed by atoms with van der Waals surface area (Å²) in [6.07, 6.45) is 1.82. The molecule has 0 saturated heterocycles. The molecule has 0 N–H and O–H groups in total. The lowest BCUT2D eigenvalue weighted by atomic mass is 10.0. The second-order valence-electron chi connectivity index (χ2n) is 3.22. The molecule has 0 radical (unpaired) electrons. The van der Waals surface area contributed by atoms with E-state index in [2.05, 4.69) is 11.8 Å². The number of rotatable bonds is 6. The lowest BCUT2D eigenvalue weighted by Gasteiger charge is -2.08. The fourth-order valence-corrected chi connectivity index (χ4v) is 1.09. The molecular weight excluding hydrogens is 192 g/mol. The number of ether oxygens (including phenoxy) is 1. The fourth-order valence-electron chi connectivity index (χ4n) is 1.09. The molecule has 15 heavy (non-hydrogen) atoms. The van der Waals surface area contributed by atoms with Crippen LogP contribution in [0, 0.1) is 17.8 Å². The van der Waals surface area contributed by atoms with Gasteiger partial charge in [0.1, 0.15) is 11.7 Å². The Morgan fingerprint density at radius 1 is 1.40 bits per heavy atom. The van der Waals surface area contributed by atoms with Crippen molar-refractivity contribution in [3.05, 3.63) is 0 Å². The van der Waals surface area contributed by atoms with Gasteiger partial charge in [-0.15, -0.1) is 11.8 Å². The van der Waals surface area contributed by atoms with E-state index in [0.717, 1.165) is 0 Å². The van der Waals surface area contributed by atoms with Crippen molar-refractivity contribution in [3.8, 4) is 11.8 Å². The molecule has 0 aromatic rings. The van der Waals surface area contributed by atoms with Crippen molar-refractivity contribution in [2.24, 2.45) is 5.92 Å². The topological polar surface area (TPSA) is 43.4 Å². The summed E-state index contributed by atoms with van der Waals surface area (Å²) in [5, 5.41) is 0. The molecule has 3 nitrogen and oxygen atoms in total. The highest BCUT2D eigenvalue weighted by atomic mass is 16.5. The summed E-state index contributed by atoms with van der Waals surface area (Å²) in [6.45, 7) is 5.40. The predicted molar refractivity (Wildman–Crippen MR) is 58.1 cm³/mol. The highest BCUT2D eigenvalue weighted by Crippen LogP contribution is 2.07. The fraction of sp³-hybridized carbons (Fsp3) is 0.667. The van der Waals surface area contributed by atoms with E-state index in [9.17, 15) is 9.59 Å². The molecule has 0 aliphatic heterocycles. The maximum absolute atomic E-state index is 11.5. The molecule has 0 aromatic carbocycles. The van der Waals surface area contributed by atoms with Gasteiger partial charge in [-0.1, -0.05) is 0 Å². The first-order valence-electron chi connectivity index (χ1n) is 5.22. The van der Waals surface area contributed by atoms with Gasteiger partial charge >= 0.3 is 5.97 Å². The molecule has 0 aliphatic carbocycles. The molecule has 0 rings (SSSR count). The number of hydrogen-bond donors (Lipinski definition) is 0. The van der Waals surface area contributed by atoms with Crippen LogP contribution in [0.4, 0.5) is 0 Å². The second-order valence-corrected chi connectivity index (χ2v) is 3.22. The van der Waals surface area contributed by atoms with Gasteiger partial charge in [-0.2, -0.15) is 0 Å². The number of Topliss-reactive ketones (excluding diaryl/α,β-unsaturated/α-hetero) is 1. The van der Waals surface area contributed by atoms with Crippen molar-refractivity contribution >= 4 is 11.8 Å². The highest BCUT2D eigenvalue weighted by Gasteiger charge is 2.21. The Morgan fingerprint density at radius 3 is 2.60 bits per heavy atom. The minimum atomic E-state index is -0.639. The molecule has 0 aliphatic rings. The van der Waals surface area contributed by atoms with Crippen LogP contribution in [0.2, 0.25) is 0 Å². The largest absolute Gasteiger partial charge is 0.465 e. The third kappa shape index (κ3) is 5.90. The summed E-state index contributed by atoms with van der Waals surface area (Å²) in [5.74, 6) is 4.51. The van der Waals surface area contributed by atoms with E-state index >= 15 is 0 Å². The maximum Gasteiger partial charge on any atom is 0.316 e. The summed E-state index contributed by atoms with van der Waals surface area (Å²) in [7, 11) is 0. The monoisotopic (exact) mass is 210 g/mol. The number of ketones is 1. The zero-order valence-electron chi connectivity index (χ0n) is 9.63. The summed E-state index contributed by atoms with van der Waals surface area (Å²) < 4.78 is 4.76. The first-order chi connectivity index (χ1) is 7.13. The Kier molecular flexibility index (Phi) is 7.35. The lowest BCUT2D eigenvalue weighted by Crippen LogP contribution is -2.23. The van der Waals surface area contributed by atoms with Crippen molar-refractivity contribution in [2.45, 2.75) is 40.0 Å². The average Bonchev–Trinajstić information content (AvgIpc) is 2.23. The van der Waals surface area contributed by atoms with Crippen molar-refractivity contribution in [1.82, 2.24) is 0 Å².